The molecule has 19 heavy (non-hydrogen) atoms. The maximum absolute atomic E-state index is 7.36. The van der Waals surface area contributed by atoms with Crippen molar-refractivity contribution in [3.05, 3.63) is 57.3 Å². The van der Waals surface area contributed by atoms with E-state index in [9.17, 15) is 0 Å². The van der Waals surface area contributed by atoms with Gasteiger partial charge in [0.2, 0.25) is 0 Å². The standard InChI is InChI=1S/C14H16N4S/c15-13(16)10-4-1-9(2-5-10)3-6-11-7-8-12(19-11)14(17)18/h1-2,4-5,7-8H,3,6H2,(H3,15,16)(H3,17,18). The van der Waals surface area contributed by atoms with Crippen LogP contribution in [0, 0.1) is 10.8 Å². The molecule has 1 aromatic heterocycles. The highest BCUT2D eigenvalue weighted by molar-refractivity contribution is 7.14. The third kappa shape index (κ3) is 3.42. The summed E-state index contributed by atoms with van der Waals surface area (Å²) in [6, 6.07) is 11.6. The van der Waals surface area contributed by atoms with Crippen molar-refractivity contribution in [1.29, 1.82) is 10.8 Å². The van der Waals surface area contributed by atoms with Crippen LogP contribution < -0.4 is 11.5 Å². The lowest BCUT2D eigenvalue weighted by atomic mass is 10.1. The summed E-state index contributed by atoms with van der Waals surface area (Å²) in [5.41, 5.74) is 12.8. The summed E-state index contributed by atoms with van der Waals surface area (Å²) in [7, 11) is 0. The second kappa shape index (κ2) is 5.67. The zero-order valence-electron chi connectivity index (χ0n) is 10.4. The lowest BCUT2D eigenvalue weighted by Gasteiger charge is -2.02. The molecule has 0 saturated heterocycles. The van der Waals surface area contributed by atoms with E-state index in [1.54, 1.807) is 11.3 Å². The van der Waals surface area contributed by atoms with Crippen LogP contribution in [0.4, 0.5) is 0 Å². The fourth-order valence-electron chi connectivity index (χ4n) is 1.78. The van der Waals surface area contributed by atoms with Crippen molar-refractivity contribution in [1.82, 2.24) is 0 Å². The zero-order valence-corrected chi connectivity index (χ0v) is 11.3. The molecule has 1 heterocycles. The molecule has 6 N–H and O–H groups in total. The molecular formula is C14H16N4S. The van der Waals surface area contributed by atoms with E-state index in [-0.39, 0.29) is 11.7 Å². The number of nitrogen functional groups attached to an aromatic ring is 2. The van der Waals surface area contributed by atoms with Crippen molar-refractivity contribution in [2.75, 3.05) is 0 Å². The van der Waals surface area contributed by atoms with Gasteiger partial charge in [-0.1, -0.05) is 24.3 Å². The summed E-state index contributed by atoms with van der Waals surface area (Å²) in [5.74, 6) is 0.220. The normalized spacial score (nSPS) is 10.3. The van der Waals surface area contributed by atoms with Crippen LogP contribution in [0.5, 0.6) is 0 Å². The molecule has 0 bridgehead atoms. The minimum Gasteiger partial charge on any atom is -0.384 e. The van der Waals surface area contributed by atoms with E-state index in [0.717, 1.165) is 23.3 Å². The van der Waals surface area contributed by atoms with Crippen LogP contribution in [0.15, 0.2) is 36.4 Å². The second-order valence-electron chi connectivity index (χ2n) is 4.29. The number of nitrogens with two attached hydrogens (primary N) is 2. The molecule has 0 aliphatic heterocycles. The minimum absolute atomic E-state index is 0.0934. The van der Waals surface area contributed by atoms with Crippen molar-refractivity contribution < 1.29 is 0 Å². The summed E-state index contributed by atoms with van der Waals surface area (Å²) in [4.78, 5) is 2.04. The SMILES string of the molecule is N=C(N)c1ccc(CCc2ccc(C(=N)N)s2)cc1. The first-order valence-corrected chi connectivity index (χ1v) is 6.74. The first-order chi connectivity index (χ1) is 9.06. The fraction of sp³-hybridized carbons (Fsp3) is 0.143. The molecule has 0 fully saturated rings. The molecule has 4 nitrogen and oxygen atoms in total. The molecule has 0 aliphatic rings. The number of hydrogen-bond acceptors (Lipinski definition) is 3. The average Bonchev–Trinajstić information content (AvgIpc) is 2.86. The van der Waals surface area contributed by atoms with E-state index < -0.39 is 0 Å². The highest BCUT2D eigenvalue weighted by atomic mass is 32.1. The Morgan fingerprint density at radius 3 is 2.11 bits per heavy atom. The summed E-state index contributed by atoms with van der Waals surface area (Å²) in [5, 5.41) is 14.7. The Bertz CT molecular complexity index is 598. The van der Waals surface area contributed by atoms with E-state index in [1.807, 2.05) is 36.4 Å². The van der Waals surface area contributed by atoms with E-state index >= 15 is 0 Å². The van der Waals surface area contributed by atoms with Gasteiger partial charge < -0.3 is 11.5 Å². The van der Waals surface area contributed by atoms with Gasteiger partial charge in [0, 0.05) is 10.4 Å². The molecule has 0 unspecified atom stereocenters. The number of nitrogens with one attached hydrogen (secondary N) is 2. The highest BCUT2D eigenvalue weighted by Crippen LogP contribution is 2.18. The molecule has 0 atom stereocenters. The minimum atomic E-state index is 0.0934. The molecule has 0 saturated carbocycles. The molecule has 2 rings (SSSR count). The predicted octanol–water partition coefficient (Wildman–Crippen LogP) is 2.10. The van der Waals surface area contributed by atoms with Gasteiger partial charge in [-0.05, 0) is 30.5 Å². The van der Waals surface area contributed by atoms with Crippen LogP contribution in [0.1, 0.15) is 20.9 Å². The smallest absolute Gasteiger partial charge is 0.133 e. The summed E-state index contributed by atoms with van der Waals surface area (Å²) < 4.78 is 0. The van der Waals surface area contributed by atoms with Crippen LogP contribution in [0.2, 0.25) is 0 Å². The number of hydrogen-bond donors (Lipinski definition) is 4. The quantitative estimate of drug-likeness (QED) is 0.495. The van der Waals surface area contributed by atoms with Gasteiger partial charge >= 0.3 is 0 Å². The molecule has 0 radical (unpaired) electrons. The number of aryl methyl sites for hydroxylation is 2. The average molecular weight is 272 g/mol. The number of thiophene rings is 1. The summed E-state index contributed by atoms with van der Waals surface area (Å²) >= 11 is 1.56. The van der Waals surface area contributed by atoms with Crippen LogP contribution in [0.3, 0.4) is 0 Å². The lowest BCUT2D eigenvalue weighted by molar-refractivity contribution is 0.981. The van der Waals surface area contributed by atoms with Crippen molar-refractivity contribution in [3.63, 3.8) is 0 Å². The topological polar surface area (TPSA) is 99.7 Å². The van der Waals surface area contributed by atoms with Crippen molar-refractivity contribution in [3.8, 4) is 0 Å². The van der Waals surface area contributed by atoms with Crippen molar-refractivity contribution in [2.24, 2.45) is 11.5 Å². The third-order valence-corrected chi connectivity index (χ3v) is 4.03. The van der Waals surface area contributed by atoms with Crippen molar-refractivity contribution >= 4 is 23.0 Å². The molecule has 0 spiro atoms. The number of benzene rings is 1. The number of amidine groups is 2. The predicted molar refractivity (Wildman–Crippen MR) is 80.2 cm³/mol. The van der Waals surface area contributed by atoms with E-state index in [1.165, 1.54) is 10.4 Å². The van der Waals surface area contributed by atoms with Gasteiger partial charge in [-0.3, -0.25) is 10.8 Å². The Morgan fingerprint density at radius 2 is 1.58 bits per heavy atom. The summed E-state index contributed by atoms with van der Waals surface area (Å²) in [6.07, 6.45) is 1.85. The molecule has 5 heteroatoms. The van der Waals surface area contributed by atoms with Gasteiger partial charge in [0.1, 0.15) is 11.7 Å². The second-order valence-corrected chi connectivity index (χ2v) is 5.46. The van der Waals surface area contributed by atoms with Gasteiger partial charge in [0.05, 0.1) is 4.88 Å². The largest absolute Gasteiger partial charge is 0.384 e. The van der Waals surface area contributed by atoms with Crippen LogP contribution >= 0.6 is 11.3 Å². The van der Waals surface area contributed by atoms with Gasteiger partial charge in [0.25, 0.3) is 0 Å². The number of rotatable bonds is 5. The Balaban J connectivity index is 1.97. The zero-order chi connectivity index (χ0) is 13.8. The molecule has 1 aromatic carbocycles. The van der Waals surface area contributed by atoms with E-state index in [2.05, 4.69) is 0 Å². The van der Waals surface area contributed by atoms with Crippen molar-refractivity contribution in [2.45, 2.75) is 12.8 Å². The van der Waals surface area contributed by atoms with Gasteiger partial charge in [-0.15, -0.1) is 11.3 Å². The third-order valence-electron chi connectivity index (χ3n) is 2.85. The Morgan fingerprint density at radius 1 is 0.895 bits per heavy atom. The summed E-state index contributed by atoms with van der Waals surface area (Å²) in [6.45, 7) is 0. The molecule has 2 aromatic rings. The maximum atomic E-state index is 7.36. The molecule has 98 valence electrons. The van der Waals surface area contributed by atoms with E-state index in [4.69, 9.17) is 22.3 Å². The maximum Gasteiger partial charge on any atom is 0.133 e. The van der Waals surface area contributed by atoms with Crippen LogP contribution in [-0.2, 0) is 12.8 Å². The molecular weight excluding hydrogens is 256 g/mol. The molecule has 0 aliphatic carbocycles. The van der Waals surface area contributed by atoms with Crippen LogP contribution in [-0.4, -0.2) is 11.7 Å². The van der Waals surface area contributed by atoms with Gasteiger partial charge in [-0.25, -0.2) is 0 Å². The lowest BCUT2D eigenvalue weighted by Crippen LogP contribution is -2.10. The van der Waals surface area contributed by atoms with Gasteiger partial charge in [0.15, 0.2) is 0 Å². The monoisotopic (exact) mass is 272 g/mol. The highest BCUT2D eigenvalue weighted by Gasteiger charge is 2.03. The molecule has 0 amide bonds. The Labute approximate surface area is 116 Å². The van der Waals surface area contributed by atoms with E-state index in [0.29, 0.717) is 0 Å². The first-order valence-electron chi connectivity index (χ1n) is 5.92. The van der Waals surface area contributed by atoms with Gasteiger partial charge in [-0.2, -0.15) is 0 Å². The fourth-order valence-corrected chi connectivity index (χ4v) is 2.64. The Hall–Kier alpha value is -2.14. The Kier molecular flexibility index (Phi) is 3.97. The first kappa shape index (κ1) is 13.3. The van der Waals surface area contributed by atoms with Crippen LogP contribution in [0.25, 0.3) is 0 Å².